The lowest BCUT2D eigenvalue weighted by atomic mass is 9.90. The number of hydrogen-bond acceptors (Lipinski definition) is 3. The number of halogens is 1. The van der Waals surface area contributed by atoms with Crippen molar-refractivity contribution in [2.24, 2.45) is 11.8 Å². The Balaban J connectivity index is 2.47. The molecule has 0 aromatic carbocycles. The molecule has 1 unspecified atom stereocenters. The minimum atomic E-state index is 0.133. The maximum absolute atomic E-state index is 9.30. The highest BCUT2D eigenvalue weighted by Gasteiger charge is 2.23. The van der Waals surface area contributed by atoms with Crippen molar-refractivity contribution in [3.8, 4) is 0 Å². The Morgan fingerprint density at radius 2 is 2.06 bits per heavy atom. The number of hydrogen-bond donors (Lipinski definition) is 2. The molecule has 1 atom stereocenters. The van der Waals surface area contributed by atoms with Gasteiger partial charge in [-0.2, -0.15) is 0 Å². The predicted octanol–water partition coefficient (Wildman–Crippen LogP) is 3.64. The fourth-order valence-corrected chi connectivity index (χ4v) is 3.33. The van der Waals surface area contributed by atoms with Crippen LogP contribution in [0.5, 0.6) is 0 Å². The first-order chi connectivity index (χ1) is 8.36. The third-order valence-corrected chi connectivity index (χ3v) is 5.38. The van der Waals surface area contributed by atoms with Gasteiger partial charge in [0.05, 0.1) is 3.79 Å². The van der Waals surface area contributed by atoms with Crippen LogP contribution in [0.25, 0.3) is 0 Å². The van der Waals surface area contributed by atoms with Gasteiger partial charge in [-0.25, -0.2) is 0 Å². The Bertz CT molecular complexity index is 362. The van der Waals surface area contributed by atoms with Gasteiger partial charge in [-0.15, -0.1) is 11.3 Å². The molecule has 1 rings (SSSR count). The van der Waals surface area contributed by atoms with Crippen molar-refractivity contribution < 1.29 is 5.11 Å². The Labute approximate surface area is 123 Å². The first-order valence-electron chi connectivity index (χ1n) is 6.44. The topological polar surface area (TPSA) is 32.3 Å². The normalized spacial score (nSPS) is 14.2. The summed E-state index contributed by atoms with van der Waals surface area (Å²) in [5, 5.41) is 12.8. The molecule has 0 spiro atoms. The summed E-state index contributed by atoms with van der Waals surface area (Å²) in [6.45, 7) is 10.9. The largest absolute Gasteiger partial charge is 0.396 e. The van der Waals surface area contributed by atoms with E-state index in [2.05, 4.69) is 61.1 Å². The molecule has 0 radical (unpaired) electrons. The van der Waals surface area contributed by atoms with Gasteiger partial charge in [-0.1, -0.05) is 27.7 Å². The van der Waals surface area contributed by atoms with Crippen molar-refractivity contribution in [3.05, 3.63) is 20.8 Å². The van der Waals surface area contributed by atoms with E-state index >= 15 is 0 Å². The van der Waals surface area contributed by atoms with Crippen molar-refractivity contribution in [3.63, 3.8) is 0 Å². The third kappa shape index (κ3) is 4.65. The number of rotatable bonds is 7. The van der Waals surface area contributed by atoms with Gasteiger partial charge in [-0.3, -0.25) is 0 Å². The molecule has 2 N–H and O–H groups in total. The van der Waals surface area contributed by atoms with Crippen molar-refractivity contribution in [1.82, 2.24) is 5.32 Å². The second kappa shape index (κ2) is 7.04. The summed E-state index contributed by atoms with van der Waals surface area (Å²) in [6.07, 6.45) is 0. The highest BCUT2D eigenvalue weighted by molar-refractivity contribution is 9.11. The number of thiophene rings is 1. The molecule has 1 aromatic heterocycles. The summed E-state index contributed by atoms with van der Waals surface area (Å²) in [5.74, 6) is 0.859. The number of aliphatic hydroxyl groups excluding tert-OH is 1. The summed E-state index contributed by atoms with van der Waals surface area (Å²) in [7, 11) is 0. The van der Waals surface area contributed by atoms with E-state index < -0.39 is 0 Å². The molecule has 1 aromatic rings. The maximum Gasteiger partial charge on any atom is 0.0701 e. The van der Waals surface area contributed by atoms with Crippen LogP contribution in [-0.2, 0) is 5.41 Å². The van der Waals surface area contributed by atoms with E-state index in [1.54, 1.807) is 11.3 Å². The first-order valence-corrected chi connectivity index (χ1v) is 8.05. The predicted molar refractivity (Wildman–Crippen MR) is 83.3 cm³/mol. The van der Waals surface area contributed by atoms with Crippen LogP contribution >= 0.6 is 27.3 Å². The van der Waals surface area contributed by atoms with Crippen LogP contribution in [0.15, 0.2) is 15.9 Å². The van der Waals surface area contributed by atoms with Crippen molar-refractivity contribution in [2.45, 2.75) is 33.1 Å². The zero-order valence-electron chi connectivity index (χ0n) is 11.7. The van der Waals surface area contributed by atoms with Crippen LogP contribution in [0, 0.1) is 11.8 Å². The zero-order chi connectivity index (χ0) is 13.8. The van der Waals surface area contributed by atoms with Crippen molar-refractivity contribution in [1.29, 1.82) is 0 Å². The van der Waals surface area contributed by atoms with E-state index in [0.717, 1.165) is 13.1 Å². The Hall–Kier alpha value is 0.1000. The standard InChI is InChI=1S/C14H24BrNOS/c1-10(2)11(8-17)7-16-9-14(3,4)12-5-6-13(15)18-12/h5-6,10-11,16-17H,7-9H2,1-4H3. The minimum absolute atomic E-state index is 0.133. The Kier molecular flexibility index (Phi) is 6.31. The smallest absolute Gasteiger partial charge is 0.0701 e. The maximum atomic E-state index is 9.30. The molecule has 0 bridgehead atoms. The molecule has 0 saturated carbocycles. The van der Waals surface area contributed by atoms with Crippen molar-refractivity contribution >= 4 is 27.3 Å². The number of nitrogens with one attached hydrogen (secondary N) is 1. The van der Waals surface area contributed by atoms with Gasteiger partial charge >= 0.3 is 0 Å². The molecule has 0 saturated heterocycles. The first kappa shape index (κ1) is 16.2. The van der Waals surface area contributed by atoms with E-state index in [9.17, 15) is 5.11 Å². The van der Waals surface area contributed by atoms with Crippen LogP contribution < -0.4 is 5.32 Å². The number of aliphatic hydroxyl groups is 1. The van der Waals surface area contributed by atoms with Crippen LogP contribution in [0.2, 0.25) is 0 Å². The average Bonchev–Trinajstić information content (AvgIpc) is 2.71. The molecular formula is C14H24BrNOS. The molecule has 1 heterocycles. The van der Waals surface area contributed by atoms with Gasteiger partial charge in [-0.05, 0) is 39.9 Å². The summed E-state index contributed by atoms with van der Waals surface area (Å²) in [6, 6.07) is 4.29. The molecule has 0 aliphatic heterocycles. The van der Waals surface area contributed by atoms with Gasteiger partial charge in [0.2, 0.25) is 0 Å². The highest BCUT2D eigenvalue weighted by Crippen LogP contribution is 2.32. The van der Waals surface area contributed by atoms with Crippen LogP contribution in [-0.4, -0.2) is 24.8 Å². The summed E-state index contributed by atoms with van der Waals surface area (Å²) in [5.41, 5.74) is 0.133. The van der Waals surface area contributed by atoms with E-state index in [-0.39, 0.29) is 12.0 Å². The SMILES string of the molecule is CC(C)C(CO)CNCC(C)(C)c1ccc(Br)s1. The van der Waals surface area contributed by atoms with E-state index in [1.807, 2.05) is 0 Å². The quantitative estimate of drug-likeness (QED) is 0.798. The molecule has 104 valence electrons. The fraction of sp³-hybridized carbons (Fsp3) is 0.714. The van der Waals surface area contributed by atoms with E-state index in [0.29, 0.717) is 11.8 Å². The molecular weight excluding hydrogens is 310 g/mol. The molecule has 2 nitrogen and oxygen atoms in total. The Morgan fingerprint density at radius 1 is 1.39 bits per heavy atom. The second-order valence-electron chi connectivity index (χ2n) is 5.81. The molecule has 18 heavy (non-hydrogen) atoms. The van der Waals surface area contributed by atoms with Gasteiger partial charge in [0, 0.05) is 30.0 Å². The zero-order valence-corrected chi connectivity index (χ0v) is 14.1. The molecule has 4 heteroatoms. The van der Waals surface area contributed by atoms with E-state index in [4.69, 9.17) is 0 Å². The monoisotopic (exact) mass is 333 g/mol. The van der Waals surface area contributed by atoms with Gasteiger partial charge < -0.3 is 10.4 Å². The minimum Gasteiger partial charge on any atom is -0.396 e. The third-order valence-electron chi connectivity index (χ3n) is 3.39. The van der Waals surface area contributed by atoms with Crippen LogP contribution in [0.4, 0.5) is 0 Å². The van der Waals surface area contributed by atoms with Crippen LogP contribution in [0.1, 0.15) is 32.6 Å². The van der Waals surface area contributed by atoms with Gasteiger partial charge in [0.15, 0.2) is 0 Å². The molecule has 0 aliphatic carbocycles. The van der Waals surface area contributed by atoms with Crippen molar-refractivity contribution in [2.75, 3.05) is 19.7 Å². The molecule has 0 amide bonds. The lowest BCUT2D eigenvalue weighted by Gasteiger charge is -2.26. The summed E-state index contributed by atoms with van der Waals surface area (Å²) >= 11 is 5.30. The lowest BCUT2D eigenvalue weighted by Crippen LogP contribution is -2.37. The fourth-order valence-electron chi connectivity index (χ4n) is 1.85. The van der Waals surface area contributed by atoms with Gasteiger partial charge in [0.25, 0.3) is 0 Å². The van der Waals surface area contributed by atoms with E-state index in [1.165, 1.54) is 8.66 Å². The summed E-state index contributed by atoms with van der Waals surface area (Å²) < 4.78 is 1.18. The summed E-state index contributed by atoms with van der Waals surface area (Å²) in [4.78, 5) is 1.38. The molecule has 0 fully saturated rings. The highest BCUT2D eigenvalue weighted by atomic mass is 79.9. The Morgan fingerprint density at radius 3 is 2.50 bits per heavy atom. The van der Waals surface area contributed by atoms with Crippen LogP contribution in [0.3, 0.4) is 0 Å². The average molecular weight is 334 g/mol. The van der Waals surface area contributed by atoms with Gasteiger partial charge in [0.1, 0.15) is 0 Å². The second-order valence-corrected chi connectivity index (χ2v) is 8.27. The molecule has 0 aliphatic rings. The lowest BCUT2D eigenvalue weighted by molar-refractivity contribution is 0.184.